The lowest BCUT2D eigenvalue weighted by Gasteiger charge is -2.20. The highest BCUT2D eigenvalue weighted by atomic mass is 32.2. The summed E-state index contributed by atoms with van der Waals surface area (Å²) in [6.07, 6.45) is 15.1. The van der Waals surface area contributed by atoms with Gasteiger partial charge < -0.3 is 108 Å². The van der Waals surface area contributed by atoms with E-state index in [-0.39, 0.29) is 91.1 Å². The van der Waals surface area contributed by atoms with Gasteiger partial charge in [0.05, 0.1) is 53.8 Å². The van der Waals surface area contributed by atoms with Gasteiger partial charge in [0.1, 0.15) is 50.2 Å². The Labute approximate surface area is 777 Å². The first kappa shape index (κ1) is 144. The highest BCUT2D eigenvalue weighted by molar-refractivity contribution is 7.99. The molecule has 0 radical (unpaired) electrons. The average molecular weight is 1870 g/mol. The quantitative estimate of drug-likeness (QED) is 0.0169. The number of nitrogens with one attached hydrogen (secondary N) is 7. The molecule has 0 fully saturated rings. The number of ether oxygens (including phenoxy) is 14. The van der Waals surface area contributed by atoms with E-state index in [2.05, 4.69) is 132 Å². The van der Waals surface area contributed by atoms with Gasteiger partial charge in [-0.15, -0.1) is 0 Å². The van der Waals surface area contributed by atoms with E-state index in [0.29, 0.717) is 147 Å². The Morgan fingerprint density at radius 3 is 1.22 bits per heavy atom. The third kappa shape index (κ3) is 142. The first-order valence-corrected chi connectivity index (χ1v) is 46.8. The number of amides is 7. The standard InChI is InChI=1S/C21H43NO4S.C17H33NO3.C11H20N2O5.C10H18N2O6.C9H18O2.C6H13NO2.C4H8O2.C4H10O.C4H8O.C3H6O2.C3H8/c1-6-18(4)14-24-16-20(17-25-15-19(5)7-2)26-11-9-12-27-13-10-21(23)22-8-3;1-4-9-16(19)10-11-17(20)18-12-7-6-8-13-21-14-15(3)5-2;1-8(14)9(13-11(16)18-3)6-4-5-7-12-10(15)17-2;1-7(13)4-16-8(5-17-9(14)11-2)6-18-10(15)12-3;1-4-6-9(10)11-7-8(3)5-2;1-3-6(8)7-4-5-9-2;1-4(5)3-6-2;1-3-4-5-2;1-3-4(2)5;1-3(4)5-2;1-3-2/h18-20H,6-17H2,1-5H3,(H,22,23);15H,4-14H2,1-3H3,(H,18,20);9H,4-7H2,1-3H3,(H,12,15)(H,13,16);8H,4-6H2,1-3H3,(H,11,14)(H,12,15);8H,4-7H2,1-3H3;3-5H2,1-2H3,(H,7,8);3H2,1-2H3;3-4H2,1-2H3;3H2,1-2H3;1-2H3;3H2,1-2H3. The molecule has 0 bridgehead atoms. The number of rotatable bonds is 61. The molecule has 0 aliphatic rings. The predicted octanol–water partition coefficient (Wildman–Crippen LogP) is 14.5. The molecule has 36 heteroatoms. The van der Waals surface area contributed by atoms with Crippen LogP contribution in [0.4, 0.5) is 19.2 Å². The predicted molar refractivity (Wildman–Crippen MR) is 507 cm³/mol. The maximum Gasteiger partial charge on any atom is 0.407 e. The van der Waals surface area contributed by atoms with Crippen molar-refractivity contribution in [2.75, 3.05) is 187 Å². The Morgan fingerprint density at radius 1 is 0.359 bits per heavy atom. The van der Waals surface area contributed by atoms with Gasteiger partial charge in [-0.2, -0.15) is 11.8 Å². The Morgan fingerprint density at radius 2 is 0.820 bits per heavy atom. The summed E-state index contributed by atoms with van der Waals surface area (Å²) in [7, 11) is 11.5. The molecule has 0 aromatic rings. The second-order valence-corrected chi connectivity index (χ2v) is 30.6. The van der Waals surface area contributed by atoms with Gasteiger partial charge in [0, 0.05) is 159 Å². The second kappa shape index (κ2) is 118. The molecule has 0 spiro atoms. The zero-order chi connectivity index (χ0) is 100. The highest BCUT2D eigenvalue weighted by Gasteiger charge is 2.19. The third-order valence-electron chi connectivity index (χ3n) is 16.2. The van der Waals surface area contributed by atoms with E-state index in [1.54, 1.807) is 32.9 Å². The number of carbonyl (C=O) groups is 14. The molecule has 762 valence electrons. The monoisotopic (exact) mass is 1870 g/mol. The second-order valence-electron chi connectivity index (χ2n) is 29.3. The molecule has 5 unspecified atom stereocenters. The molecule has 128 heavy (non-hydrogen) atoms. The van der Waals surface area contributed by atoms with Gasteiger partial charge in [-0.1, -0.05) is 136 Å². The van der Waals surface area contributed by atoms with Crippen molar-refractivity contribution >= 4 is 94.7 Å². The highest BCUT2D eigenvalue weighted by Crippen LogP contribution is 2.11. The van der Waals surface area contributed by atoms with Gasteiger partial charge in [0.2, 0.25) is 17.7 Å². The number of methoxy groups -OCH3 is 6. The van der Waals surface area contributed by atoms with Crippen molar-refractivity contribution < 1.29 is 133 Å². The number of ketones is 5. The zero-order valence-corrected chi connectivity index (χ0v) is 85.9. The summed E-state index contributed by atoms with van der Waals surface area (Å²) in [5, 5.41) is 17.9. The minimum atomic E-state index is -0.691. The molecule has 5 atom stereocenters. The number of unbranched alkanes of at least 4 members (excludes halogenated alkanes) is 3. The summed E-state index contributed by atoms with van der Waals surface area (Å²) in [4.78, 5) is 150. The molecule has 7 amide bonds. The lowest BCUT2D eigenvalue weighted by atomic mass is 10.1. The number of carbonyl (C=O) groups excluding carboxylic acids is 14. The molecule has 0 aliphatic heterocycles. The average Bonchev–Trinajstić information content (AvgIpc) is 0.929. The minimum absolute atomic E-state index is 0.00144. The van der Waals surface area contributed by atoms with Gasteiger partial charge in [0.15, 0.2) is 17.3 Å². The van der Waals surface area contributed by atoms with Gasteiger partial charge in [-0.25, -0.2) is 19.2 Å². The summed E-state index contributed by atoms with van der Waals surface area (Å²) in [6, 6.07) is -0.546. The van der Waals surface area contributed by atoms with Crippen molar-refractivity contribution in [3.8, 4) is 0 Å². The summed E-state index contributed by atoms with van der Waals surface area (Å²) < 4.78 is 69.7. The van der Waals surface area contributed by atoms with Crippen LogP contribution in [0.25, 0.3) is 0 Å². The fraction of sp³-hybridized carbons (Fsp3) is 0.848. The van der Waals surface area contributed by atoms with E-state index in [1.165, 1.54) is 76.7 Å². The molecule has 0 rings (SSSR count). The largest absolute Gasteiger partial charge is 0.469 e. The number of alkyl carbamates (subject to hydrolysis) is 4. The Kier molecular flexibility index (Phi) is 132. The van der Waals surface area contributed by atoms with Crippen molar-refractivity contribution in [2.45, 2.75) is 305 Å². The van der Waals surface area contributed by atoms with Gasteiger partial charge in [-0.05, 0) is 128 Å². The fourth-order valence-electron chi connectivity index (χ4n) is 7.66. The summed E-state index contributed by atoms with van der Waals surface area (Å²) in [6.45, 7) is 49.9. The van der Waals surface area contributed by atoms with E-state index < -0.39 is 36.5 Å². The van der Waals surface area contributed by atoms with Crippen LogP contribution in [0, 0.1) is 23.7 Å². The maximum absolute atomic E-state index is 11.5. The lowest BCUT2D eigenvalue weighted by Crippen LogP contribution is -2.39. The van der Waals surface area contributed by atoms with E-state index >= 15 is 0 Å². The number of hydrogen-bond donors (Lipinski definition) is 7. The van der Waals surface area contributed by atoms with Crippen LogP contribution >= 0.6 is 11.8 Å². The number of esters is 2. The van der Waals surface area contributed by atoms with Crippen molar-refractivity contribution in [1.82, 2.24) is 37.2 Å². The van der Waals surface area contributed by atoms with Crippen molar-refractivity contribution in [3.05, 3.63) is 0 Å². The fourth-order valence-corrected chi connectivity index (χ4v) is 8.51. The summed E-state index contributed by atoms with van der Waals surface area (Å²) in [5.74, 6) is 4.26. The Bertz CT molecular complexity index is 2540. The molecule has 0 aromatic carbocycles. The SMILES string of the molecule is CCC.CCC(=O)NCCOC.CCC(C)=O.CCCC(=O)CCC(=O)NCCCCCOCC(C)CC.CCCC(=O)OCC(C)CC.CCCOC.CCNC(=O)CCSCCCOC(COCC(C)CC)COCC(C)CC.CNC(=O)OCC(COC(=O)NC)OCC(C)=O.COC(=O)NCCCCC(NC(=O)OC)C(C)=O.COC(C)=O.COCC(C)=O. The molecule has 0 aromatic heterocycles. The summed E-state index contributed by atoms with van der Waals surface area (Å²) >= 11 is 1.81. The maximum atomic E-state index is 11.5. The molecule has 35 nitrogen and oxygen atoms in total. The van der Waals surface area contributed by atoms with Crippen LogP contribution in [-0.4, -0.2) is 288 Å². The van der Waals surface area contributed by atoms with Crippen LogP contribution in [0.2, 0.25) is 0 Å². The molecule has 0 heterocycles. The molecular formula is C92H185N7O28S. The van der Waals surface area contributed by atoms with Gasteiger partial charge in [-0.3, -0.25) is 43.2 Å². The molecule has 0 saturated carbocycles. The van der Waals surface area contributed by atoms with E-state index in [1.807, 2.05) is 34.6 Å². The van der Waals surface area contributed by atoms with E-state index in [9.17, 15) is 67.1 Å². The number of Topliss-reactive ketones (excluding diaryl/α,β-unsaturated/α-hetero) is 5. The van der Waals surface area contributed by atoms with Crippen LogP contribution in [0.1, 0.15) is 287 Å². The smallest absolute Gasteiger partial charge is 0.407 e. The van der Waals surface area contributed by atoms with Crippen LogP contribution in [0.3, 0.4) is 0 Å². The van der Waals surface area contributed by atoms with Crippen LogP contribution in [0.15, 0.2) is 0 Å². The Hall–Kier alpha value is -7.19. The van der Waals surface area contributed by atoms with Crippen LogP contribution in [-0.2, 0) is 114 Å². The number of hydrogen-bond acceptors (Lipinski definition) is 29. The van der Waals surface area contributed by atoms with Crippen LogP contribution in [0.5, 0.6) is 0 Å². The lowest BCUT2D eigenvalue weighted by molar-refractivity contribution is -0.145. The number of thioether (sulfide) groups is 1. The first-order chi connectivity index (χ1) is 60.8. The van der Waals surface area contributed by atoms with Crippen molar-refractivity contribution in [1.29, 1.82) is 0 Å². The zero-order valence-electron chi connectivity index (χ0n) is 85.1. The molecule has 7 N–H and O–H groups in total. The topological polar surface area (TPSA) is 452 Å². The molecule has 0 aliphatic carbocycles. The van der Waals surface area contributed by atoms with Crippen molar-refractivity contribution in [2.24, 2.45) is 23.7 Å². The minimum Gasteiger partial charge on any atom is -0.469 e. The van der Waals surface area contributed by atoms with E-state index in [0.717, 1.165) is 115 Å². The third-order valence-corrected chi connectivity index (χ3v) is 17.3. The molecular weight excluding hydrogens is 1680 g/mol. The van der Waals surface area contributed by atoms with E-state index in [4.69, 9.17) is 47.4 Å². The van der Waals surface area contributed by atoms with Crippen molar-refractivity contribution in [3.63, 3.8) is 0 Å². The normalized spacial score (nSPS) is 11.2. The van der Waals surface area contributed by atoms with Gasteiger partial charge >= 0.3 is 36.3 Å². The first-order valence-electron chi connectivity index (χ1n) is 45.6. The molecule has 0 saturated heterocycles. The van der Waals surface area contributed by atoms with Crippen LogP contribution < -0.4 is 37.2 Å². The van der Waals surface area contributed by atoms with Gasteiger partial charge in [0.25, 0.3) is 0 Å². The Balaban J connectivity index is -0.000000138. The summed E-state index contributed by atoms with van der Waals surface area (Å²) in [5.41, 5.74) is 0.